The molecule has 0 aromatic heterocycles. The van der Waals surface area contributed by atoms with Crippen molar-refractivity contribution in [1.82, 2.24) is 0 Å². The van der Waals surface area contributed by atoms with E-state index in [1.807, 2.05) is 43.3 Å². The molecule has 0 bridgehead atoms. The minimum atomic E-state index is -2.69. The summed E-state index contributed by atoms with van der Waals surface area (Å²) >= 11 is 0. The maximum Gasteiger partial charge on any atom is 0.338 e. The number of benzene rings is 2. The Balaban J connectivity index is 2.18. The van der Waals surface area contributed by atoms with Gasteiger partial charge in [0.25, 0.3) is 0 Å². The number of methoxy groups -OCH3 is 1. The Labute approximate surface area is 192 Å². The van der Waals surface area contributed by atoms with Gasteiger partial charge in [-0.15, -0.1) is 0 Å². The van der Waals surface area contributed by atoms with Crippen molar-refractivity contribution in [3.05, 3.63) is 59.2 Å². The van der Waals surface area contributed by atoms with Crippen LogP contribution in [0.15, 0.2) is 42.5 Å². The Morgan fingerprint density at radius 3 is 2.41 bits per heavy atom. The van der Waals surface area contributed by atoms with Gasteiger partial charge in [-0.2, -0.15) is 0 Å². The second-order valence-electron chi connectivity index (χ2n) is 9.17. The average molecular weight is 455 g/mol. The van der Waals surface area contributed by atoms with E-state index in [4.69, 9.17) is 4.74 Å². The molecule has 4 nitrogen and oxygen atoms in total. The highest BCUT2D eigenvalue weighted by atomic mass is 31.1. The number of hydrogen-bond acceptors (Lipinski definition) is 4. The van der Waals surface area contributed by atoms with Gasteiger partial charge in [-0.25, -0.2) is 13.9 Å². The van der Waals surface area contributed by atoms with Gasteiger partial charge in [0.2, 0.25) is 0 Å². The minimum Gasteiger partial charge on any atom is -0.465 e. The van der Waals surface area contributed by atoms with Crippen molar-refractivity contribution in [2.45, 2.75) is 76.8 Å². The summed E-state index contributed by atoms with van der Waals surface area (Å²) in [7, 11) is -1.32. The molecule has 32 heavy (non-hydrogen) atoms. The second-order valence-corrected chi connectivity index (χ2v) is 10.5. The van der Waals surface area contributed by atoms with Crippen LogP contribution in [0, 0.1) is 12.8 Å². The normalized spacial score (nSPS) is 16.3. The first-order chi connectivity index (χ1) is 15.4. The van der Waals surface area contributed by atoms with Gasteiger partial charge in [0.05, 0.1) is 12.7 Å². The van der Waals surface area contributed by atoms with Crippen LogP contribution in [-0.4, -0.2) is 13.1 Å². The van der Waals surface area contributed by atoms with Crippen molar-refractivity contribution in [3.63, 3.8) is 0 Å². The van der Waals surface area contributed by atoms with E-state index in [1.54, 1.807) is 6.07 Å². The van der Waals surface area contributed by atoms with Crippen molar-refractivity contribution in [1.29, 1.82) is 0 Å². The maximum atomic E-state index is 12.9. The molecule has 0 amide bonds. The topological polar surface area (TPSA) is 60.4 Å². The SMILES string of the molecule is CCCCC(CC1CCCCC1)(c1ccc(C(=O)OC)c(-c2ccccc2C)c1)P(=O)=O. The quantitative estimate of drug-likeness (QED) is 0.285. The Bertz CT molecular complexity index is 996. The molecule has 1 aliphatic rings. The molecule has 2 aromatic rings. The summed E-state index contributed by atoms with van der Waals surface area (Å²) in [5, 5.41) is -0.903. The molecule has 0 spiro atoms. The zero-order chi connectivity index (χ0) is 23.1. The van der Waals surface area contributed by atoms with Gasteiger partial charge in [-0.3, -0.25) is 0 Å². The monoisotopic (exact) mass is 454 g/mol. The predicted molar refractivity (Wildman–Crippen MR) is 129 cm³/mol. The maximum absolute atomic E-state index is 12.9. The molecule has 3 rings (SSSR count). The molecule has 172 valence electrons. The Morgan fingerprint density at radius 1 is 1.06 bits per heavy atom. The molecule has 1 aliphatic carbocycles. The fourth-order valence-electron chi connectivity index (χ4n) is 5.19. The third-order valence-corrected chi connectivity index (χ3v) is 8.41. The summed E-state index contributed by atoms with van der Waals surface area (Å²) in [5.41, 5.74) is 3.98. The molecule has 0 aliphatic heterocycles. The van der Waals surface area contributed by atoms with Crippen LogP contribution in [0.1, 0.15) is 86.2 Å². The van der Waals surface area contributed by atoms with Crippen LogP contribution in [0.4, 0.5) is 0 Å². The van der Waals surface area contributed by atoms with E-state index >= 15 is 0 Å². The highest BCUT2D eigenvalue weighted by Gasteiger charge is 2.41. The van der Waals surface area contributed by atoms with Crippen molar-refractivity contribution >= 4 is 13.6 Å². The molecule has 5 heteroatoms. The van der Waals surface area contributed by atoms with E-state index in [-0.39, 0.29) is 0 Å². The van der Waals surface area contributed by atoms with Crippen LogP contribution in [-0.2, 0) is 19.0 Å². The van der Waals surface area contributed by atoms with Gasteiger partial charge in [-0.1, -0.05) is 82.2 Å². The molecular weight excluding hydrogens is 419 g/mol. The summed E-state index contributed by atoms with van der Waals surface area (Å²) in [4.78, 5) is 12.6. The summed E-state index contributed by atoms with van der Waals surface area (Å²) in [6, 6.07) is 13.4. The fourth-order valence-corrected chi connectivity index (χ4v) is 6.29. The molecule has 1 unspecified atom stereocenters. The van der Waals surface area contributed by atoms with E-state index in [9.17, 15) is 13.9 Å². The van der Waals surface area contributed by atoms with Crippen molar-refractivity contribution < 1.29 is 18.7 Å². The van der Waals surface area contributed by atoms with Crippen LogP contribution >= 0.6 is 7.68 Å². The predicted octanol–water partition coefficient (Wildman–Crippen LogP) is 7.98. The van der Waals surface area contributed by atoms with Crippen LogP contribution < -0.4 is 0 Å². The molecule has 1 atom stereocenters. The number of hydrogen-bond donors (Lipinski definition) is 0. The van der Waals surface area contributed by atoms with Crippen LogP contribution in [0.5, 0.6) is 0 Å². The van der Waals surface area contributed by atoms with Gasteiger partial charge in [-0.05, 0) is 60.1 Å². The lowest BCUT2D eigenvalue weighted by Gasteiger charge is -2.33. The van der Waals surface area contributed by atoms with E-state index < -0.39 is 18.8 Å². The molecule has 1 saturated carbocycles. The molecular formula is C27H35O4P. The Hall–Kier alpha value is -2.19. The van der Waals surface area contributed by atoms with Gasteiger partial charge in [0.1, 0.15) is 5.16 Å². The standard InChI is InChI=1S/C27H35O4P/c1-4-5-17-27(32(29)30,19-21-12-7-6-8-13-21)22-15-16-24(26(28)31-3)25(18-22)23-14-10-9-11-20(23)2/h9-11,14-16,18,21H,4-8,12-13,17,19H2,1-3H3. The largest absolute Gasteiger partial charge is 0.465 e. The van der Waals surface area contributed by atoms with Gasteiger partial charge in [0, 0.05) is 0 Å². The first-order valence-corrected chi connectivity index (χ1v) is 13.0. The Morgan fingerprint density at radius 2 is 1.78 bits per heavy atom. The third-order valence-electron chi connectivity index (χ3n) is 7.04. The summed E-state index contributed by atoms with van der Waals surface area (Å²) < 4.78 is 30.9. The lowest BCUT2D eigenvalue weighted by molar-refractivity contribution is 0.0601. The summed E-state index contributed by atoms with van der Waals surface area (Å²) in [6.45, 7) is 4.10. The number of aryl methyl sites for hydroxylation is 1. The number of esters is 1. The zero-order valence-electron chi connectivity index (χ0n) is 19.6. The lowest BCUT2D eigenvalue weighted by Crippen LogP contribution is -2.26. The van der Waals surface area contributed by atoms with Crippen LogP contribution in [0.3, 0.4) is 0 Å². The van der Waals surface area contributed by atoms with Gasteiger partial charge < -0.3 is 4.74 Å². The number of carbonyl (C=O) groups is 1. The fraction of sp³-hybridized carbons (Fsp3) is 0.519. The lowest BCUT2D eigenvalue weighted by atomic mass is 9.77. The van der Waals surface area contributed by atoms with Crippen molar-refractivity contribution in [2.75, 3.05) is 7.11 Å². The zero-order valence-corrected chi connectivity index (χ0v) is 20.5. The first-order valence-electron chi connectivity index (χ1n) is 11.9. The molecule has 1 fully saturated rings. The van der Waals surface area contributed by atoms with Crippen molar-refractivity contribution in [3.8, 4) is 11.1 Å². The average Bonchev–Trinajstić information content (AvgIpc) is 2.81. The van der Waals surface area contributed by atoms with Gasteiger partial charge in [0.15, 0.2) is 0 Å². The second kappa shape index (κ2) is 11.1. The molecule has 0 saturated heterocycles. The molecule has 0 heterocycles. The highest BCUT2D eigenvalue weighted by Crippen LogP contribution is 2.51. The van der Waals surface area contributed by atoms with E-state index in [0.29, 0.717) is 24.3 Å². The van der Waals surface area contributed by atoms with Gasteiger partial charge >= 0.3 is 13.6 Å². The van der Waals surface area contributed by atoms with E-state index in [0.717, 1.165) is 47.9 Å². The molecule has 0 radical (unpaired) electrons. The third kappa shape index (κ3) is 5.23. The molecule has 0 N–H and O–H groups in total. The van der Waals surface area contributed by atoms with Crippen LogP contribution in [0.25, 0.3) is 11.1 Å². The summed E-state index contributed by atoms with van der Waals surface area (Å²) in [6.07, 6.45) is 8.88. The molecule has 2 aromatic carbocycles. The van der Waals surface area contributed by atoms with E-state index in [2.05, 4.69) is 6.92 Å². The number of ether oxygens (including phenoxy) is 1. The Kier molecular flexibility index (Phi) is 8.48. The van der Waals surface area contributed by atoms with Crippen molar-refractivity contribution in [2.24, 2.45) is 5.92 Å². The number of rotatable bonds is 9. The highest BCUT2D eigenvalue weighted by molar-refractivity contribution is 7.32. The van der Waals surface area contributed by atoms with Crippen LogP contribution in [0.2, 0.25) is 0 Å². The number of unbranched alkanes of at least 4 members (excludes halogenated alkanes) is 1. The first kappa shape index (κ1) is 24.5. The summed E-state index contributed by atoms with van der Waals surface area (Å²) in [5.74, 6) is 0.0171. The number of carbonyl (C=O) groups excluding carboxylic acids is 1. The smallest absolute Gasteiger partial charge is 0.338 e. The van der Waals surface area contributed by atoms with E-state index in [1.165, 1.54) is 26.4 Å². The minimum absolute atomic E-state index is 0.409.